The van der Waals surface area contributed by atoms with Crippen LogP contribution in [0.15, 0.2) is 0 Å². The SMILES string of the molecule is CC1(C)CC(OC(=O)C2CCC(COC3CCC(C(=O)OC4CC(C)(C)NC(C)(C)C4)CC3)CC2)CC(C)(C)N1. The van der Waals surface area contributed by atoms with Crippen LogP contribution in [0, 0.1) is 17.8 Å². The summed E-state index contributed by atoms with van der Waals surface area (Å²) in [4.78, 5) is 25.9. The first-order chi connectivity index (χ1) is 18.5. The number of rotatable bonds is 7. The molecule has 0 aromatic carbocycles. The Morgan fingerprint density at radius 3 is 1.27 bits per heavy atom. The van der Waals surface area contributed by atoms with Crippen LogP contribution in [-0.4, -0.2) is 59.0 Å². The number of piperidine rings is 2. The number of ether oxygens (including phenoxy) is 3. The van der Waals surface area contributed by atoms with Crippen molar-refractivity contribution in [3.63, 3.8) is 0 Å². The average Bonchev–Trinajstić information content (AvgIpc) is 2.79. The summed E-state index contributed by atoms with van der Waals surface area (Å²) in [6.45, 7) is 18.3. The maximum absolute atomic E-state index is 13.0. The number of hydrogen-bond donors (Lipinski definition) is 2. The molecular formula is C33H58N2O5. The van der Waals surface area contributed by atoms with E-state index in [0.29, 0.717) is 5.92 Å². The van der Waals surface area contributed by atoms with Crippen molar-refractivity contribution >= 4 is 11.9 Å². The highest BCUT2D eigenvalue weighted by Gasteiger charge is 2.42. The molecule has 0 atom stereocenters. The Kier molecular flexibility index (Phi) is 9.69. The molecule has 4 fully saturated rings. The maximum Gasteiger partial charge on any atom is 0.309 e. The molecule has 7 heteroatoms. The first-order valence-corrected chi connectivity index (χ1v) is 16.1. The van der Waals surface area contributed by atoms with Gasteiger partial charge in [-0.1, -0.05) is 0 Å². The van der Waals surface area contributed by atoms with Gasteiger partial charge < -0.3 is 24.8 Å². The number of carbonyl (C=O) groups is 2. The van der Waals surface area contributed by atoms with E-state index < -0.39 is 0 Å². The molecule has 2 heterocycles. The molecule has 2 aliphatic heterocycles. The second kappa shape index (κ2) is 12.2. The topological polar surface area (TPSA) is 85.9 Å². The number of nitrogens with one attached hydrogen (secondary N) is 2. The van der Waals surface area contributed by atoms with Crippen LogP contribution in [-0.2, 0) is 23.8 Å². The lowest BCUT2D eigenvalue weighted by Crippen LogP contribution is -2.60. The highest BCUT2D eigenvalue weighted by molar-refractivity contribution is 5.73. The van der Waals surface area contributed by atoms with E-state index in [9.17, 15) is 9.59 Å². The maximum atomic E-state index is 13.0. The third kappa shape index (κ3) is 9.16. The standard InChI is InChI=1S/C33H58N2O5/c1-30(2)17-26(18-31(3,4)34-30)39-28(36)23-11-9-22(10-12-23)21-38-25-15-13-24(14-16-25)29(37)40-27-19-32(5,6)35-33(7,8)20-27/h22-27,34-35H,9-21H2,1-8H3. The summed E-state index contributed by atoms with van der Waals surface area (Å²) in [6.07, 6.45) is 11.0. The van der Waals surface area contributed by atoms with Gasteiger partial charge in [0.2, 0.25) is 0 Å². The van der Waals surface area contributed by atoms with E-state index in [4.69, 9.17) is 14.2 Å². The van der Waals surface area contributed by atoms with Crippen molar-refractivity contribution in [1.82, 2.24) is 10.6 Å². The predicted octanol–water partition coefficient (Wildman–Crippen LogP) is 6.07. The van der Waals surface area contributed by atoms with Crippen LogP contribution < -0.4 is 10.6 Å². The molecule has 0 bridgehead atoms. The van der Waals surface area contributed by atoms with Gasteiger partial charge >= 0.3 is 11.9 Å². The molecule has 0 spiro atoms. The minimum atomic E-state index is -0.0286. The molecule has 4 aliphatic rings. The second-order valence-corrected chi connectivity index (χ2v) is 16.2. The summed E-state index contributed by atoms with van der Waals surface area (Å²) in [6, 6.07) is 0. The first-order valence-electron chi connectivity index (χ1n) is 16.1. The highest BCUT2D eigenvalue weighted by atomic mass is 16.5. The van der Waals surface area contributed by atoms with E-state index in [1.54, 1.807) is 0 Å². The van der Waals surface area contributed by atoms with Crippen LogP contribution in [0.5, 0.6) is 0 Å². The molecule has 0 radical (unpaired) electrons. The summed E-state index contributed by atoms with van der Waals surface area (Å²) >= 11 is 0. The van der Waals surface area contributed by atoms with Gasteiger partial charge in [0.15, 0.2) is 0 Å². The van der Waals surface area contributed by atoms with E-state index in [1.807, 2.05) is 0 Å². The van der Waals surface area contributed by atoms with Crippen LogP contribution in [0.2, 0.25) is 0 Å². The van der Waals surface area contributed by atoms with Crippen molar-refractivity contribution < 1.29 is 23.8 Å². The summed E-state index contributed by atoms with van der Waals surface area (Å²) in [5.41, 5.74) is -0.108. The van der Waals surface area contributed by atoms with Gasteiger partial charge in [-0.3, -0.25) is 9.59 Å². The Morgan fingerprint density at radius 2 is 0.900 bits per heavy atom. The Labute approximate surface area is 243 Å². The highest BCUT2D eigenvalue weighted by Crippen LogP contribution is 2.36. The zero-order chi connectivity index (χ0) is 29.3. The normalized spacial score (nSPS) is 34.1. The summed E-state index contributed by atoms with van der Waals surface area (Å²) in [7, 11) is 0. The minimum absolute atomic E-state index is 0.000284. The first kappa shape index (κ1) is 31.7. The molecule has 2 N–H and O–H groups in total. The van der Waals surface area contributed by atoms with E-state index in [-0.39, 0.29) is 64.2 Å². The zero-order valence-corrected chi connectivity index (χ0v) is 26.7. The lowest BCUT2D eigenvalue weighted by atomic mass is 9.80. The quantitative estimate of drug-likeness (QED) is 0.364. The molecular weight excluding hydrogens is 504 g/mol. The number of hydrogen-bond acceptors (Lipinski definition) is 7. The fraction of sp³-hybridized carbons (Fsp3) is 0.939. The van der Waals surface area contributed by atoms with Crippen LogP contribution >= 0.6 is 0 Å². The Balaban J connectivity index is 1.12. The molecule has 0 unspecified atom stereocenters. The predicted molar refractivity (Wildman–Crippen MR) is 158 cm³/mol. The average molecular weight is 563 g/mol. The van der Waals surface area contributed by atoms with Gasteiger partial charge in [-0.2, -0.15) is 0 Å². The summed E-state index contributed by atoms with van der Waals surface area (Å²) in [5, 5.41) is 7.32. The summed E-state index contributed by atoms with van der Waals surface area (Å²) < 4.78 is 18.4. The van der Waals surface area contributed by atoms with Gasteiger partial charge in [0.1, 0.15) is 12.2 Å². The van der Waals surface area contributed by atoms with E-state index in [2.05, 4.69) is 66.0 Å². The van der Waals surface area contributed by atoms with Crippen LogP contribution in [0.3, 0.4) is 0 Å². The van der Waals surface area contributed by atoms with Crippen molar-refractivity contribution in [3.05, 3.63) is 0 Å². The molecule has 2 aliphatic carbocycles. The minimum Gasteiger partial charge on any atom is -0.462 e. The molecule has 0 aromatic heterocycles. The largest absolute Gasteiger partial charge is 0.462 e. The van der Waals surface area contributed by atoms with Crippen molar-refractivity contribution in [2.45, 2.75) is 173 Å². The van der Waals surface area contributed by atoms with Crippen LogP contribution in [0.4, 0.5) is 0 Å². The van der Waals surface area contributed by atoms with Gasteiger partial charge in [-0.25, -0.2) is 0 Å². The lowest BCUT2D eigenvalue weighted by molar-refractivity contribution is -0.162. The van der Waals surface area contributed by atoms with E-state index in [0.717, 1.165) is 83.7 Å². The van der Waals surface area contributed by atoms with Crippen LogP contribution in [0.1, 0.15) is 132 Å². The lowest BCUT2D eigenvalue weighted by Gasteiger charge is -2.46. The van der Waals surface area contributed by atoms with Crippen LogP contribution in [0.25, 0.3) is 0 Å². The summed E-state index contributed by atoms with van der Waals surface area (Å²) in [5.74, 6) is 0.516. The third-order valence-corrected chi connectivity index (χ3v) is 9.63. The molecule has 2 saturated carbocycles. The van der Waals surface area contributed by atoms with Crippen molar-refractivity contribution in [3.8, 4) is 0 Å². The van der Waals surface area contributed by atoms with Gasteiger partial charge in [0.05, 0.1) is 17.9 Å². The van der Waals surface area contributed by atoms with Gasteiger partial charge in [0, 0.05) is 54.4 Å². The smallest absolute Gasteiger partial charge is 0.309 e. The van der Waals surface area contributed by atoms with Crippen molar-refractivity contribution in [2.24, 2.45) is 17.8 Å². The molecule has 4 rings (SSSR count). The monoisotopic (exact) mass is 562 g/mol. The van der Waals surface area contributed by atoms with Crippen molar-refractivity contribution in [1.29, 1.82) is 0 Å². The molecule has 2 saturated heterocycles. The third-order valence-electron chi connectivity index (χ3n) is 9.63. The number of carbonyl (C=O) groups excluding carboxylic acids is 2. The van der Waals surface area contributed by atoms with Gasteiger partial charge in [0.25, 0.3) is 0 Å². The molecule has 230 valence electrons. The molecule has 40 heavy (non-hydrogen) atoms. The van der Waals surface area contributed by atoms with Gasteiger partial charge in [-0.05, 0) is 113 Å². The Morgan fingerprint density at radius 1 is 0.550 bits per heavy atom. The Hall–Kier alpha value is -1.18. The molecule has 0 aromatic rings. The number of esters is 2. The van der Waals surface area contributed by atoms with Gasteiger partial charge in [-0.15, -0.1) is 0 Å². The second-order valence-electron chi connectivity index (χ2n) is 16.2. The molecule has 7 nitrogen and oxygen atoms in total. The van der Waals surface area contributed by atoms with Crippen molar-refractivity contribution in [2.75, 3.05) is 6.61 Å². The van der Waals surface area contributed by atoms with E-state index in [1.165, 1.54) is 0 Å². The fourth-order valence-electron chi connectivity index (χ4n) is 8.45. The molecule has 0 amide bonds. The Bertz CT molecular complexity index is 777. The zero-order valence-electron chi connectivity index (χ0n) is 26.7. The van der Waals surface area contributed by atoms with E-state index >= 15 is 0 Å². The fourth-order valence-corrected chi connectivity index (χ4v) is 8.45.